The highest BCUT2D eigenvalue weighted by molar-refractivity contribution is 9.10. The van der Waals surface area contributed by atoms with Gasteiger partial charge in [-0.15, -0.1) is 0 Å². The molecule has 0 bridgehead atoms. The third-order valence-electron chi connectivity index (χ3n) is 2.91. The Balaban J connectivity index is 2.97. The van der Waals surface area contributed by atoms with E-state index in [0.29, 0.717) is 13.0 Å². The second-order valence-corrected chi connectivity index (χ2v) is 5.28. The molecule has 0 aliphatic rings. The summed E-state index contributed by atoms with van der Waals surface area (Å²) in [4.78, 5) is 12.0. The van der Waals surface area contributed by atoms with Crippen molar-refractivity contribution in [1.82, 2.24) is 0 Å². The van der Waals surface area contributed by atoms with Crippen LogP contribution in [0.5, 0.6) is 0 Å². The van der Waals surface area contributed by atoms with Crippen molar-refractivity contribution in [2.75, 3.05) is 12.4 Å². The molecule has 0 spiro atoms. The van der Waals surface area contributed by atoms with Gasteiger partial charge in [0.2, 0.25) is 5.91 Å². The summed E-state index contributed by atoms with van der Waals surface area (Å²) in [6.07, 6.45) is 0.576. The van der Waals surface area contributed by atoms with Crippen molar-refractivity contribution in [1.29, 1.82) is 0 Å². The fourth-order valence-electron chi connectivity index (χ4n) is 1.39. The van der Waals surface area contributed by atoms with Crippen LogP contribution in [-0.2, 0) is 16.1 Å². The van der Waals surface area contributed by atoms with E-state index in [-0.39, 0.29) is 5.91 Å². The lowest BCUT2D eigenvalue weighted by molar-refractivity contribution is -0.120. The topological polar surface area (TPSA) is 64.4 Å². The Morgan fingerprint density at radius 2 is 2.22 bits per heavy atom. The van der Waals surface area contributed by atoms with Crippen LogP contribution < -0.4 is 11.1 Å². The summed E-state index contributed by atoms with van der Waals surface area (Å²) in [5, 5.41) is 2.85. The van der Waals surface area contributed by atoms with Gasteiger partial charge in [-0.3, -0.25) is 4.79 Å². The maximum atomic E-state index is 12.0. The molecular weight excluding hydrogens is 296 g/mol. The Bertz CT molecular complexity index is 433. The van der Waals surface area contributed by atoms with Crippen LogP contribution in [0.4, 0.5) is 5.69 Å². The average Bonchev–Trinajstić information content (AvgIpc) is 2.33. The van der Waals surface area contributed by atoms with Crippen LogP contribution in [0.1, 0.15) is 25.8 Å². The lowest BCUT2D eigenvalue weighted by Gasteiger charge is -2.22. The van der Waals surface area contributed by atoms with Crippen LogP contribution in [0, 0.1) is 0 Å². The van der Waals surface area contributed by atoms with Crippen molar-refractivity contribution in [3.63, 3.8) is 0 Å². The minimum Gasteiger partial charge on any atom is -0.380 e. The van der Waals surface area contributed by atoms with Crippen molar-refractivity contribution in [2.45, 2.75) is 32.4 Å². The van der Waals surface area contributed by atoms with Crippen LogP contribution in [-0.4, -0.2) is 18.6 Å². The molecule has 18 heavy (non-hydrogen) atoms. The standard InChI is InChI=1S/C13H19BrN2O2/c1-4-13(2,15)12(17)16-11-7-5-6-10(14)9(11)8-18-3/h5-7H,4,8,15H2,1-3H3,(H,16,17). The summed E-state index contributed by atoms with van der Waals surface area (Å²) in [7, 11) is 1.62. The molecule has 1 atom stereocenters. The molecule has 0 fully saturated rings. The van der Waals surface area contributed by atoms with E-state index in [0.717, 1.165) is 15.7 Å². The number of carbonyl (C=O) groups is 1. The van der Waals surface area contributed by atoms with Crippen LogP contribution in [0.3, 0.4) is 0 Å². The molecule has 1 unspecified atom stereocenters. The molecule has 5 heteroatoms. The number of anilines is 1. The summed E-state index contributed by atoms with van der Waals surface area (Å²) in [5.41, 5.74) is 6.67. The van der Waals surface area contributed by atoms with Crippen LogP contribution in [0.2, 0.25) is 0 Å². The summed E-state index contributed by atoms with van der Waals surface area (Å²) < 4.78 is 6.03. The highest BCUT2D eigenvalue weighted by Gasteiger charge is 2.26. The SMILES string of the molecule is CCC(C)(N)C(=O)Nc1cccc(Br)c1COC. The molecule has 0 heterocycles. The first kappa shape index (κ1) is 15.1. The lowest BCUT2D eigenvalue weighted by Crippen LogP contribution is -2.47. The number of carbonyl (C=O) groups excluding carboxylic acids is 1. The van der Waals surface area contributed by atoms with Gasteiger partial charge in [0.1, 0.15) is 0 Å². The third-order valence-corrected chi connectivity index (χ3v) is 3.65. The number of hydrogen-bond acceptors (Lipinski definition) is 3. The van der Waals surface area contributed by atoms with E-state index >= 15 is 0 Å². The van der Waals surface area contributed by atoms with E-state index in [2.05, 4.69) is 21.2 Å². The first-order chi connectivity index (χ1) is 8.42. The van der Waals surface area contributed by atoms with Crippen molar-refractivity contribution in [3.05, 3.63) is 28.2 Å². The van der Waals surface area contributed by atoms with Crippen molar-refractivity contribution in [2.24, 2.45) is 5.73 Å². The summed E-state index contributed by atoms with van der Waals surface area (Å²) in [6.45, 7) is 4.03. The van der Waals surface area contributed by atoms with E-state index in [1.54, 1.807) is 14.0 Å². The van der Waals surface area contributed by atoms with E-state index in [9.17, 15) is 4.79 Å². The smallest absolute Gasteiger partial charge is 0.244 e. The molecule has 4 nitrogen and oxygen atoms in total. The van der Waals surface area contributed by atoms with Crippen LogP contribution in [0.15, 0.2) is 22.7 Å². The Morgan fingerprint density at radius 3 is 2.78 bits per heavy atom. The molecule has 0 saturated heterocycles. The minimum absolute atomic E-state index is 0.194. The Labute approximate surface area is 116 Å². The quantitative estimate of drug-likeness (QED) is 0.878. The summed E-state index contributed by atoms with van der Waals surface area (Å²) in [5.74, 6) is -0.194. The normalized spacial score (nSPS) is 14.1. The third kappa shape index (κ3) is 3.54. The van der Waals surface area contributed by atoms with E-state index in [1.165, 1.54) is 0 Å². The lowest BCUT2D eigenvalue weighted by atomic mass is 9.99. The van der Waals surface area contributed by atoms with Gasteiger partial charge in [-0.25, -0.2) is 0 Å². The first-order valence-corrected chi connectivity index (χ1v) is 6.58. The largest absolute Gasteiger partial charge is 0.380 e. The zero-order valence-corrected chi connectivity index (χ0v) is 12.5. The number of benzene rings is 1. The molecule has 1 aromatic carbocycles. The minimum atomic E-state index is -0.868. The van der Waals surface area contributed by atoms with E-state index < -0.39 is 5.54 Å². The number of halogens is 1. The average molecular weight is 315 g/mol. The van der Waals surface area contributed by atoms with Gasteiger partial charge in [0.05, 0.1) is 12.1 Å². The van der Waals surface area contributed by atoms with Crippen LogP contribution >= 0.6 is 15.9 Å². The van der Waals surface area contributed by atoms with Gasteiger partial charge in [0, 0.05) is 22.8 Å². The predicted octanol–water partition coefficient (Wildman–Crippen LogP) is 2.66. The molecule has 3 N–H and O–H groups in total. The highest BCUT2D eigenvalue weighted by Crippen LogP contribution is 2.26. The predicted molar refractivity (Wildman–Crippen MR) is 76.4 cm³/mol. The number of hydrogen-bond donors (Lipinski definition) is 2. The Hall–Kier alpha value is -0.910. The maximum absolute atomic E-state index is 12.0. The molecule has 0 aliphatic heterocycles. The van der Waals surface area contributed by atoms with Gasteiger partial charge in [-0.05, 0) is 25.5 Å². The van der Waals surface area contributed by atoms with Gasteiger partial charge in [-0.1, -0.05) is 28.9 Å². The van der Waals surface area contributed by atoms with Gasteiger partial charge in [-0.2, -0.15) is 0 Å². The molecular formula is C13H19BrN2O2. The molecule has 0 radical (unpaired) electrons. The molecule has 1 rings (SSSR count). The zero-order chi connectivity index (χ0) is 13.8. The molecule has 0 aromatic heterocycles. The van der Waals surface area contributed by atoms with Crippen molar-refractivity contribution in [3.8, 4) is 0 Å². The van der Waals surface area contributed by atoms with Crippen molar-refractivity contribution < 1.29 is 9.53 Å². The second-order valence-electron chi connectivity index (χ2n) is 4.42. The maximum Gasteiger partial charge on any atom is 0.244 e. The molecule has 100 valence electrons. The number of nitrogens with two attached hydrogens (primary N) is 1. The number of rotatable bonds is 5. The van der Waals surface area contributed by atoms with Crippen molar-refractivity contribution >= 4 is 27.5 Å². The second kappa shape index (κ2) is 6.31. The fraction of sp³-hybridized carbons (Fsp3) is 0.462. The van der Waals surface area contributed by atoms with E-state index in [1.807, 2.05) is 25.1 Å². The van der Waals surface area contributed by atoms with E-state index in [4.69, 9.17) is 10.5 Å². The summed E-state index contributed by atoms with van der Waals surface area (Å²) >= 11 is 3.44. The molecule has 0 aliphatic carbocycles. The number of ether oxygens (including phenoxy) is 1. The Morgan fingerprint density at radius 1 is 1.56 bits per heavy atom. The molecule has 1 amide bonds. The molecule has 0 saturated carbocycles. The van der Waals surface area contributed by atoms with Gasteiger partial charge in [0.25, 0.3) is 0 Å². The summed E-state index contributed by atoms with van der Waals surface area (Å²) in [6, 6.07) is 5.60. The zero-order valence-electron chi connectivity index (χ0n) is 10.9. The monoisotopic (exact) mass is 314 g/mol. The van der Waals surface area contributed by atoms with Gasteiger partial charge in [0.15, 0.2) is 0 Å². The van der Waals surface area contributed by atoms with Gasteiger partial charge >= 0.3 is 0 Å². The van der Waals surface area contributed by atoms with Crippen LogP contribution in [0.25, 0.3) is 0 Å². The first-order valence-electron chi connectivity index (χ1n) is 5.79. The number of amides is 1. The Kier molecular flexibility index (Phi) is 5.31. The highest BCUT2D eigenvalue weighted by atomic mass is 79.9. The number of nitrogens with one attached hydrogen (secondary N) is 1. The number of methoxy groups -OCH3 is 1. The van der Waals surface area contributed by atoms with Gasteiger partial charge < -0.3 is 15.8 Å². The fourth-order valence-corrected chi connectivity index (χ4v) is 1.87. The molecule has 1 aromatic rings.